The lowest BCUT2D eigenvalue weighted by Gasteiger charge is -2.35. The summed E-state index contributed by atoms with van der Waals surface area (Å²) < 4.78 is 11.4. The van der Waals surface area contributed by atoms with Crippen molar-refractivity contribution in [2.45, 2.75) is 45.6 Å². The molecular formula is C15H27O2. The zero-order valence-corrected chi connectivity index (χ0v) is 11.4. The standard InChI is InChI=1S/C15H27O2/c1-5-8-16-9-10-17-15-11-13(4)6-7-14(15)12(2)3/h13-15H,1-2,5-11H2,3-4H3. The maximum absolute atomic E-state index is 5.97. The van der Waals surface area contributed by atoms with Crippen LogP contribution in [0, 0.1) is 18.8 Å². The van der Waals surface area contributed by atoms with Crippen molar-refractivity contribution in [2.24, 2.45) is 11.8 Å². The van der Waals surface area contributed by atoms with Gasteiger partial charge in [0.25, 0.3) is 0 Å². The summed E-state index contributed by atoms with van der Waals surface area (Å²) >= 11 is 0. The van der Waals surface area contributed by atoms with Gasteiger partial charge in [-0.1, -0.05) is 26.0 Å². The Morgan fingerprint density at radius 3 is 2.65 bits per heavy atom. The zero-order valence-electron chi connectivity index (χ0n) is 11.4. The molecule has 0 aromatic rings. The molecule has 0 heterocycles. The molecule has 0 spiro atoms. The van der Waals surface area contributed by atoms with Crippen LogP contribution in [-0.2, 0) is 9.47 Å². The molecule has 0 saturated heterocycles. The third-order valence-corrected chi connectivity index (χ3v) is 3.54. The second-order valence-corrected chi connectivity index (χ2v) is 5.25. The summed E-state index contributed by atoms with van der Waals surface area (Å²) in [5, 5.41) is 0. The van der Waals surface area contributed by atoms with Gasteiger partial charge in [0.2, 0.25) is 0 Å². The first-order valence-electron chi connectivity index (χ1n) is 6.79. The molecule has 1 fully saturated rings. The monoisotopic (exact) mass is 239 g/mol. The van der Waals surface area contributed by atoms with Gasteiger partial charge in [-0.25, -0.2) is 0 Å². The topological polar surface area (TPSA) is 18.5 Å². The highest BCUT2D eigenvalue weighted by atomic mass is 16.5. The molecule has 3 unspecified atom stereocenters. The van der Waals surface area contributed by atoms with Crippen LogP contribution in [-0.4, -0.2) is 25.9 Å². The lowest BCUT2D eigenvalue weighted by molar-refractivity contribution is -0.0379. The summed E-state index contributed by atoms with van der Waals surface area (Å²) in [6.45, 7) is 14.4. The highest BCUT2D eigenvalue weighted by Crippen LogP contribution is 2.34. The van der Waals surface area contributed by atoms with Crippen molar-refractivity contribution in [1.82, 2.24) is 0 Å². The molecule has 0 aromatic heterocycles. The third-order valence-electron chi connectivity index (χ3n) is 3.54. The summed E-state index contributed by atoms with van der Waals surface area (Å²) in [7, 11) is 0. The Morgan fingerprint density at radius 1 is 1.24 bits per heavy atom. The first-order valence-corrected chi connectivity index (χ1v) is 6.79. The van der Waals surface area contributed by atoms with E-state index >= 15 is 0 Å². The van der Waals surface area contributed by atoms with Crippen LogP contribution in [0.25, 0.3) is 0 Å². The molecule has 3 atom stereocenters. The normalized spacial score (nSPS) is 29.2. The smallest absolute Gasteiger partial charge is 0.0704 e. The first kappa shape index (κ1) is 14.7. The Balaban J connectivity index is 2.28. The van der Waals surface area contributed by atoms with E-state index in [2.05, 4.69) is 27.4 Å². The van der Waals surface area contributed by atoms with Gasteiger partial charge in [0, 0.05) is 12.5 Å². The van der Waals surface area contributed by atoms with E-state index in [0.717, 1.165) is 25.4 Å². The molecule has 1 radical (unpaired) electrons. The van der Waals surface area contributed by atoms with Crippen LogP contribution in [0.2, 0.25) is 0 Å². The van der Waals surface area contributed by atoms with Crippen LogP contribution in [0.4, 0.5) is 0 Å². The predicted octanol–water partition coefficient (Wildman–Crippen LogP) is 3.62. The maximum atomic E-state index is 5.97. The van der Waals surface area contributed by atoms with Crippen LogP contribution >= 0.6 is 0 Å². The van der Waals surface area contributed by atoms with Gasteiger partial charge in [0.05, 0.1) is 19.3 Å². The Hall–Kier alpha value is -0.340. The van der Waals surface area contributed by atoms with Crippen molar-refractivity contribution in [3.05, 3.63) is 19.1 Å². The van der Waals surface area contributed by atoms with Crippen molar-refractivity contribution in [1.29, 1.82) is 0 Å². The van der Waals surface area contributed by atoms with Gasteiger partial charge in [0.15, 0.2) is 0 Å². The summed E-state index contributed by atoms with van der Waals surface area (Å²) in [5.74, 6) is 1.32. The van der Waals surface area contributed by atoms with Crippen LogP contribution in [0.5, 0.6) is 0 Å². The van der Waals surface area contributed by atoms with E-state index in [4.69, 9.17) is 9.47 Å². The van der Waals surface area contributed by atoms with E-state index in [1.807, 2.05) is 0 Å². The van der Waals surface area contributed by atoms with E-state index in [1.54, 1.807) is 0 Å². The summed E-state index contributed by atoms with van der Waals surface area (Å²) in [6.07, 6.45) is 4.86. The molecule has 1 aliphatic carbocycles. The van der Waals surface area contributed by atoms with E-state index in [0.29, 0.717) is 25.2 Å². The SMILES string of the molecule is [CH2]CCOCCOC1CC(C)CCC1C(=C)C. The Labute approximate surface area is 106 Å². The van der Waals surface area contributed by atoms with E-state index in [9.17, 15) is 0 Å². The molecule has 0 bridgehead atoms. The van der Waals surface area contributed by atoms with Gasteiger partial charge >= 0.3 is 0 Å². The fraction of sp³-hybridized carbons (Fsp3) is 0.800. The minimum Gasteiger partial charge on any atom is -0.379 e. The van der Waals surface area contributed by atoms with E-state index in [1.165, 1.54) is 18.4 Å². The van der Waals surface area contributed by atoms with Crippen molar-refractivity contribution >= 4 is 0 Å². The van der Waals surface area contributed by atoms with Crippen molar-refractivity contribution < 1.29 is 9.47 Å². The van der Waals surface area contributed by atoms with Crippen LogP contribution in [0.15, 0.2) is 12.2 Å². The lowest BCUT2D eigenvalue weighted by Crippen LogP contribution is -2.32. The maximum Gasteiger partial charge on any atom is 0.0704 e. The minimum absolute atomic E-state index is 0.347. The minimum atomic E-state index is 0.347. The molecule has 2 nitrogen and oxygen atoms in total. The fourth-order valence-corrected chi connectivity index (χ4v) is 2.54. The lowest BCUT2D eigenvalue weighted by atomic mass is 9.78. The van der Waals surface area contributed by atoms with E-state index in [-0.39, 0.29) is 0 Å². The molecule has 0 aliphatic heterocycles. The largest absolute Gasteiger partial charge is 0.379 e. The van der Waals surface area contributed by atoms with Gasteiger partial charge < -0.3 is 9.47 Å². The van der Waals surface area contributed by atoms with Gasteiger partial charge in [-0.05, 0) is 38.5 Å². The second-order valence-electron chi connectivity index (χ2n) is 5.25. The highest BCUT2D eigenvalue weighted by Gasteiger charge is 2.29. The fourth-order valence-electron chi connectivity index (χ4n) is 2.54. The zero-order chi connectivity index (χ0) is 12.7. The average molecular weight is 239 g/mol. The van der Waals surface area contributed by atoms with Gasteiger partial charge in [-0.2, -0.15) is 0 Å². The Morgan fingerprint density at radius 2 is 2.00 bits per heavy atom. The summed E-state index contributed by atoms with van der Waals surface area (Å²) in [4.78, 5) is 0. The van der Waals surface area contributed by atoms with Gasteiger partial charge in [-0.15, -0.1) is 0 Å². The van der Waals surface area contributed by atoms with Gasteiger partial charge in [0.1, 0.15) is 0 Å². The van der Waals surface area contributed by atoms with Crippen molar-refractivity contribution in [3.8, 4) is 0 Å². The predicted molar refractivity (Wildman–Crippen MR) is 71.9 cm³/mol. The van der Waals surface area contributed by atoms with Crippen LogP contribution < -0.4 is 0 Å². The highest BCUT2D eigenvalue weighted by molar-refractivity contribution is 5.02. The Bertz CT molecular complexity index is 225. The first-order chi connectivity index (χ1) is 8.15. The number of ether oxygens (including phenoxy) is 2. The average Bonchev–Trinajstić information content (AvgIpc) is 2.28. The third kappa shape index (κ3) is 5.22. The molecule has 1 rings (SSSR count). The quantitative estimate of drug-likeness (QED) is 0.499. The number of hydrogen-bond acceptors (Lipinski definition) is 2. The molecule has 0 amide bonds. The molecule has 0 N–H and O–H groups in total. The molecule has 99 valence electrons. The molecule has 2 heteroatoms. The van der Waals surface area contributed by atoms with Gasteiger partial charge in [-0.3, -0.25) is 0 Å². The molecule has 1 saturated carbocycles. The molecule has 1 aliphatic rings. The summed E-state index contributed by atoms with van der Waals surface area (Å²) in [5.41, 5.74) is 1.26. The van der Waals surface area contributed by atoms with Crippen LogP contribution in [0.3, 0.4) is 0 Å². The Kier molecular flexibility index (Phi) is 6.83. The van der Waals surface area contributed by atoms with Crippen molar-refractivity contribution in [3.63, 3.8) is 0 Å². The van der Waals surface area contributed by atoms with Crippen LogP contribution in [0.1, 0.15) is 39.5 Å². The molecular weight excluding hydrogens is 212 g/mol. The van der Waals surface area contributed by atoms with Crippen molar-refractivity contribution in [2.75, 3.05) is 19.8 Å². The molecule has 17 heavy (non-hydrogen) atoms. The number of rotatable bonds is 7. The second kappa shape index (κ2) is 7.88. The molecule has 0 aromatic carbocycles. The van der Waals surface area contributed by atoms with E-state index < -0.39 is 0 Å². The summed E-state index contributed by atoms with van der Waals surface area (Å²) in [6, 6.07) is 0. The number of hydrogen-bond donors (Lipinski definition) is 0.